The minimum absolute atomic E-state index is 0.207. The van der Waals surface area contributed by atoms with Crippen molar-refractivity contribution < 1.29 is 23.9 Å². The topological polar surface area (TPSA) is 109 Å². The summed E-state index contributed by atoms with van der Waals surface area (Å²) in [6, 6.07) is 7.07. The van der Waals surface area contributed by atoms with E-state index in [-0.39, 0.29) is 6.54 Å². The van der Waals surface area contributed by atoms with Crippen LogP contribution in [0.4, 0.5) is 4.79 Å². The summed E-state index contributed by atoms with van der Waals surface area (Å²) in [4.78, 5) is 10.5. The van der Waals surface area contributed by atoms with Crippen molar-refractivity contribution in [2.24, 2.45) is 0 Å². The molecule has 0 spiro atoms. The molecule has 0 saturated heterocycles. The molecular weight excluding hydrogens is 300 g/mol. The smallest absolute Gasteiger partial charge is 0.404 e. The molecule has 2 aromatic heterocycles. The van der Waals surface area contributed by atoms with Crippen molar-refractivity contribution in [3.8, 4) is 0 Å². The number of hydrogen-bond acceptors (Lipinski definition) is 5. The fourth-order valence-corrected chi connectivity index (χ4v) is 2.56. The van der Waals surface area contributed by atoms with E-state index in [0.29, 0.717) is 28.4 Å². The van der Waals surface area contributed by atoms with Crippen molar-refractivity contribution in [2.45, 2.75) is 26.5 Å². The fourth-order valence-electron chi connectivity index (χ4n) is 2.56. The molecule has 1 unspecified atom stereocenters. The molecule has 0 fully saturated rings. The number of aryl methyl sites for hydroxylation is 2. The van der Waals surface area contributed by atoms with E-state index in [2.05, 4.69) is 10.5 Å². The Morgan fingerprint density at radius 3 is 2.78 bits per heavy atom. The Morgan fingerprint density at radius 2 is 2.13 bits per heavy atom. The molecule has 7 heteroatoms. The number of nitrogens with zero attached hydrogens (tertiary/aromatic N) is 1. The van der Waals surface area contributed by atoms with Gasteiger partial charge in [0.25, 0.3) is 0 Å². The van der Waals surface area contributed by atoms with Gasteiger partial charge in [0.15, 0.2) is 0 Å². The molecule has 0 aliphatic carbocycles. The van der Waals surface area contributed by atoms with E-state index in [1.807, 2.05) is 6.07 Å². The first-order chi connectivity index (χ1) is 11.0. The number of rotatable bonds is 4. The average molecular weight is 316 g/mol. The second-order valence-corrected chi connectivity index (χ2v) is 5.32. The average Bonchev–Trinajstić information content (AvgIpc) is 3.07. The summed E-state index contributed by atoms with van der Waals surface area (Å²) in [6.45, 7) is 3.70. The van der Waals surface area contributed by atoms with Crippen LogP contribution in [-0.4, -0.2) is 21.5 Å². The Labute approximate surface area is 131 Å². The summed E-state index contributed by atoms with van der Waals surface area (Å²) in [5.41, 5.74) is 2.63. The van der Waals surface area contributed by atoms with Gasteiger partial charge in [-0.2, -0.15) is 0 Å². The number of carboxylic acid groups (broad SMARTS) is 1. The minimum atomic E-state index is -1.08. The van der Waals surface area contributed by atoms with Crippen LogP contribution in [0.2, 0.25) is 0 Å². The Balaban J connectivity index is 1.92. The van der Waals surface area contributed by atoms with Gasteiger partial charge in [-0.25, -0.2) is 4.79 Å². The molecule has 0 bridgehead atoms. The van der Waals surface area contributed by atoms with Gasteiger partial charge in [-0.05, 0) is 37.6 Å². The van der Waals surface area contributed by atoms with Gasteiger partial charge < -0.3 is 24.5 Å². The van der Waals surface area contributed by atoms with E-state index in [4.69, 9.17) is 14.0 Å². The largest absolute Gasteiger partial charge is 0.465 e. The highest BCUT2D eigenvalue weighted by Crippen LogP contribution is 2.31. The number of furan rings is 1. The van der Waals surface area contributed by atoms with E-state index < -0.39 is 12.2 Å². The monoisotopic (exact) mass is 316 g/mol. The lowest BCUT2D eigenvalue weighted by molar-refractivity contribution is 0.189. The second kappa shape index (κ2) is 5.77. The lowest BCUT2D eigenvalue weighted by Crippen LogP contribution is -2.19. The third-order valence-electron chi connectivity index (χ3n) is 3.68. The van der Waals surface area contributed by atoms with Gasteiger partial charge in [0, 0.05) is 11.9 Å². The normalized spacial score (nSPS) is 12.5. The minimum Gasteiger partial charge on any atom is -0.465 e. The SMILES string of the molecule is Cc1noc(C)c1C(O)c1cc2cc(CNC(=O)O)ccc2o1. The molecule has 0 saturated carbocycles. The van der Waals surface area contributed by atoms with E-state index in [9.17, 15) is 9.90 Å². The van der Waals surface area contributed by atoms with E-state index >= 15 is 0 Å². The number of aromatic nitrogens is 1. The number of fused-ring (bicyclic) bond motifs is 1. The van der Waals surface area contributed by atoms with Crippen molar-refractivity contribution in [3.63, 3.8) is 0 Å². The molecule has 3 N–H and O–H groups in total. The molecule has 2 heterocycles. The molecule has 1 atom stereocenters. The van der Waals surface area contributed by atoms with E-state index in [0.717, 1.165) is 10.9 Å². The van der Waals surface area contributed by atoms with Gasteiger partial charge in [-0.3, -0.25) is 0 Å². The standard InChI is InChI=1S/C16H16N2O5/c1-8-14(9(2)23-18-8)15(19)13-6-11-5-10(7-17-16(20)21)3-4-12(11)22-13/h3-6,15,17,19H,7H2,1-2H3,(H,20,21). The van der Waals surface area contributed by atoms with Crippen LogP contribution in [0.5, 0.6) is 0 Å². The summed E-state index contributed by atoms with van der Waals surface area (Å²) >= 11 is 0. The molecule has 120 valence electrons. The molecule has 1 amide bonds. The molecular formula is C16H16N2O5. The summed E-state index contributed by atoms with van der Waals surface area (Å²) in [5, 5.41) is 26.1. The van der Waals surface area contributed by atoms with Crippen molar-refractivity contribution >= 4 is 17.1 Å². The zero-order valence-corrected chi connectivity index (χ0v) is 12.7. The summed E-state index contributed by atoms with van der Waals surface area (Å²) in [6.07, 6.45) is -2.04. The molecule has 23 heavy (non-hydrogen) atoms. The molecule has 0 radical (unpaired) electrons. The van der Waals surface area contributed by atoms with Crippen molar-refractivity contribution in [2.75, 3.05) is 0 Å². The van der Waals surface area contributed by atoms with Crippen LogP contribution in [-0.2, 0) is 6.54 Å². The zero-order valence-electron chi connectivity index (χ0n) is 12.7. The molecule has 3 aromatic rings. The predicted molar refractivity (Wildman–Crippen MR) is 81.1 cm³/mol. The number of aliphatic hydroxyl groups excluding tert-OH is 1. The first kappa shape index (κ1) is 15.1. The van der Waals surface area contributed by atoms with Crippen molar-refractivity contribution in [3.05, 3.63) is 52.6 Å². The van der Waals surface area contributed by atoms with Gasteiger partial charge in [-0.1, -0.05) is 11.2 Å². The van der Waals surface area contributed by atoms with Gasteiger partial charge in [0.05, 0.1) is 11.3 Å². The Hall–Kier alpha value is -2.80. The number of amides is 1. The maximum absolute atomic E-state index is 10.5. The van der Waals surface area contributed by atoms with Crippen molar-refractivity contribution in [1.29, 1.82) is 0 Å². The highest BCUT2D eigenvalue weighted by molar-refractivity contribution is 5.79. The highest BCUT2D eigenvalue weighted by Gasteiger charge is 2.23. The van der Waals surface area contributed by atoms with Crippen LogP contribution in [0.25, 0.3) is 11.0 Å². The maximum atomic E-state index is 10.5. The molecule has 1 aromatic carbocycles. The first-order valence-electron chi connectivity index (χ1n) is 7.05. The second-order valence-electron chi connectivity index (χ2n) is 5.32. The molecule has 0 aliphatic heterocycles. The zero-order chi connectivity index (χ0) is 16.6. The third-order valence-corrected chi connectivity index (χ3v) is 3.68. The number of carbonyl (C=O) groups is 1. The first-order valence-corrected chi connectivity index (χ1v) is 7.05. The Kier molecular flexibility index (Phi) is 3.79. The number of benzene rings is 1. The fraction of sp³-hybridized carbons (Fsp3) is 0.250. The van der Waals surface area contributed by atoms with Crippen LogP contribution in [0.1, 0.15) is 34.4 Å². The van der Waals surface area contributed by atoms with Crippen LogP contribution in [0.15, 0.2) is 33.2 Å². The van der Waals surface area contributed by atoms with Crippen LogP contribution < -0.4 is 5.32 Å². The van der Waals surface area contributed by atoms with Gasteiger partial charge in [0.2, 0.25) is 0 Å². The highest BCUT2D eigenvalue weighted by atomic mass is 16.5. The summed E-state index contributed by atoms with van der Waals surface area (Å²) < 4.78 is 10.8. The van der Waals surface area contributed by atoms with Crippen LogP contribution in [0.3, 0.4) is 0 Å². The Morgan fingerprint density at radius 1 is 1.35 bits per heavy atom. The maximum Gasteiger partial charge on any atom is 0.404 e. The van der Waals surface area contributed by atoms with Crippen LogP contribution >= 0.6 is 0 Å². The lowest BCUT2D eigenvalue weighted by atomic mass is 10.1. The van der Waals surface area contributed by atoms with Crippen molar-refractivity contribution in [1.82, 2.24) is 10.5 Å². The number of nitrogens with one attached hydrogen (secondary N) is 1. The Bertz CT molecular complexity index is 845. The summed E-state index contributed by atoms with van der Waals surface area (Å²) in [5.74, 6) is 0.930. The molecule has 7 nitrogen and oxygen atoms in total. The number of hydrogen-bond donors (Lipinski definition) is 3. The van der Waals surface area contributed by atoms with E-state index in [1.54, 1.807) is 32.0 Å². The third kappa shape index (κ3) is 2.91. The van der Waals surface area contributed by atoms with E-state index in [1.165, 1.54) is 0 Å². The van der Waals surface area contributed by atoms with Crippen LogP contribution in [0, 0.1) is 13.8 Å². The predicted octanol–water partition coefficient (Wildman–Crippen LogP) is 2.89. The van der Waals surface area contributed by atoms with Gasteiger partial charge in [-0.15, -0.1) is 0 Å². The lowest BCUT2D eigenvalue weighted by Gasteiger charge is -2.06. The quantitative estimate of drug-likeness (QED) is 0.683. The molecule has 3 rings (SSSR count). The summed E-state index contributed by atoms with van der Waals surface area (Å²) in [7, 11) is 0. The van der Waals surface area contributed by atoms with Gasteiger partial charge in [0.1, 0.15) is 23.2 Å². The van der Waals surface area contributed by atoms with Gasteiger partial charge >= 0.3 is 6.09 Å². The number of aliphatic hydroxyl groups is 1. The molecule has 0 aliphatic rings.